The number of hydrogen-bond donors (Lipinski definition) is 2. The average molecular weight is 533 g/mol. The van der Waals surface area contributed by atoms with Crippen molar-refractivity contribution in [2.75, 3.05) is 39.2 Å². The average Bonchev–Trinajstić information content (AvgIpc) is 2.88. The number of likely N-dealkylation sites (tertiary alicyclic amines) is 1. The van der Waals surface area contributed by atoms with Crippen LogP contribution in [0.3, 0.4) is 0 Å². The number of nitrogens with zero attached hydrogens (tertiary/aromatic N) is 3. The molecular formula is C27H31F3N4O4. The number of aliphatic hydroxyl groups is 1. The largest absolute Gasteiger partial charge is 0.496 e. The molecule has 1 aliphatic rings. The van der Waals surface area contributed by atoms with E-state index in [1.54, 1.807) is 36.9 Å². The number of rotatable bonds is 7. The number of carbonyl (C=O) groups is 1. The van der Waals surface area contributed by atoms with Gasteiger partial charge in [-0.1, -0.05) is 12.1 Å². The molecule has 2 N–H and O–H groups in total. The van der Waals surface area contributed by atoms with Gasteiger partial charge in [0.05, 0.1) is 23.8 Å². The summed E-state index contributed by atoms with van der Waals surface area (Å²) >= 11 is 0. The number of alkyl halides is 3. The number of ether oxygens (including phenoxy) is 2. The van der Waals surface area contributed by atoms with E-state index in [9.17, 15) is 23.1 Å². The van der Waals surface area contributed by atoms with Crippen molar-refractivity contribution in [2.45, 2.75) is 44.5 Å². The number of amides is 1. The third-order valence-corrected chi connectivity index (χ3v) is 6.91. The number of aryl methyl sites for hydroxylation is 1. The van der Waals surface area contributed by atoms with Gasteiger partial charge in [0.15, 0.2) is 0 Å². The predicted molar refractivity (Wildman–Crippen MR) is 136 cm³/mol. The van der Waals surface area contributed by atoms with Gasteiger partial charge in [-0.25, -0.2) is 9.97 Å². The second kappa shape index (κ2) is 10.7. The standard InChI is InChI=1S/C27H31F3N4O4/c1-16(18-6-5-7-19(12-18)27(28,29)30)31-25-20-13-21(23(38-4)14-22(20)32-17(2)33-25)26(36)8-10-34(11-9-26)24(35)15-37-3/h5-7,12-14,16,36H,8-11,15H2,1-4H3,(H,31,32,33)/t16-/m0/s1. The van der Waals surface area contributed by atoms with Crippen molar-refractivity contribution in [1.29, 1.82) is 0 Å². The minimum Gasteiger partial charge on any atom is -0.496 e. The van der Waals surface area contributed by atoms with Gasteiger partial charge in [-0.05, 0) is 50.5 Å². The first-order chi connectivity index (χ1) is 17.9. The van der Waals surface area contributed by atoms with Crippen molar-refractivity contribution >= 4 is 22.6 Å². The molecule has 8 nitrogen and oxygen atoms in total. The molecule has 0 radical (unpaired) electrons. The molecule has 2 aromatic carbocycles. The fourth-order valence-corrected chi connectivity index (χ4v) is 4.80. The van der Waals surface area contributed by atoms with Gasteiger partial charge in [-0.2, -0.15) is 13.2 Å². The summed E-state index contributed by atoms with van der Waals surface area (Å²) in [5.41, 5.74) is -0.443. The molecule has 204 valence electrons. The quantitative estimate of drug-likeness (QED) is 0.459. The second-order valence-corrected chi connectivity index (χ2v) is 9.52. The summed E-state index contributed by atoms with van der Waals surface area (Å²) in [5.74, 6) is 1.21. The van der Waals surface area contributed by atoms with Crippen molar-refractivity contribution in [3.05, 3.63) is 58.9 Å². The Morgan fingerprint density at radius 1 is 1.18 bits per heavy atom. The number of carbonyl (C=O) groups excluding carboxylic acids is 1. The second-order valence-electron chi connectivity index (χ2n) is 9.52. The van der Waals surface area contributed by atoms with E-state index >= 15 is 0 Å². The van der Waals surface area contributed by atoms with Crippen molar-refractivity contribution in [3.63, 3.8) is 0 Å². The van der Waals surface area contributed by atoms with Gasteiger partial charge in [-0.15, -0.1) is 0 Å². The Morgan fingerprint density at radius 3 is 2.53 bits per heavy atom. The zero-order chi connectivity index (χ0) is 27.7. The van der Waals surface area contributed by atoms with Crippen LogP contribution in [0, 0.1) is 6.92 Å². The van der Waals surface area contributed by atoms with Crippen LogP contribution in [0.2, 0.25) is 0 Å². The highest BCUT2D eigenvalue weighted by Crippen LogP contribution is 2.41. The number of fused-ring (bicyclic) bond motifs is 1. The summed E-state index contributed by atoms with van der Waals surface area (Å²) < 4.78 is 50.3. The van der Waals surface area contributed by atoms with Crippen LogP contribution in [0.25, 0.3) is 10.9 Å². The summed E-state index contributed by atoms with van der Waals surface area (Å²) in [6.45, 7) is 4.15. The number of methoxy groups -OCH3 is 2. The van der Waals surface area contributed by atoms with Gasteiger partial charge in [0.25, 0.3) is 0 Å². The number of aromatic nitrogens is 2. The normalized spacial score (nSPS) is 16.4. The molecule has 4 rings (SSSR count). The molecule has 1 fully saturated rings. The lowest BCUT2D eigenvalue weighted by atomic mass is 9.83. The van der Waals surface area contributed by atoms with Crippen LogP contribution in [0.15, 0.2) is 36.4 Å². The first-order valence-electron chi connectivity index (χ1n) is 12.2. The maximum absolute atomic E-state index is 13.3. The Hall–Kier alpha value is -3.44. The molecule has 1 saturated heterocycles. The van der Waals surface area contributed by atoms with Crippen LogP contribution < -0.4 is 10.1 Å². The predicted octanol–water partition coefficient (Wildman–Crippen LogP) is 4.60. The number of halogens is 3. The first-order valence-corrected chi connectivity index (χ1v) is 12.2. The van der Waals surface area contributed by atoms with E-state index < -0.39 is 23.4 Å². The Bertz CT molecular complexity index is 1320. The number of hydrogen-bond acceptors (Lipinski definition) is 7. The number of piperidine rings is 1. The Balaban J connectivity index is 1.69. The maximum Gasteiger partial charge on any atom is 0.416 e. The lowest BCUT2D eigenvalue weighted by molar-refractivity contribution is -0.140. The minimum atomic E-state index is -4.45. The molecule has 0 aliphatic carbocycles. The van der Waals surface area contributed by atoms with Crippen LogP contribution in [-0.2, 0) is 21.3 Å². The Kier molecular flexibility index (Phi) is 7.80. The zero-order valence-corrected chi connectivity index (χ0v) is 21.7. The molecule has 0 saturated carbocycles. The summed E-state index contributed by atoms with van der Waals surface area (Å²) in [4.78, 5) is 22.9. The molecule has 0 bridgehead atoms. The van der Waals surface area contributed by atoms with Gasteiger partial charge in [0.1, 0.15) is 24.0 Å². The number of anilines is 1. The SMILES string of the molecule is COCC(=O)N1CCC(O)(c2cc3c(N[C@@H](C)c4cccc(C(F)(F)F)c4)nc(C)nc3cc2OC)CC1. The van der Waals surface area contributed by atoms with E-state index in [1.165, 1.54) is 20.3 Å². The molecule has 11 heteroatoms. The van der Waals surface area contributed by atoms with Gasteiger partial charge in [0, 0.05) is 43.3 Å². The molecule has 0 unspecified atom stereocenters. The van der Waals surface area contributed by atoms with Crippen molar-refractivity contribution < 1.29 is 32.5 Å². The van der Waals surface area contributed by atoms with Crippen LogP contribution in [0.4, 0.5) is 19.0 Å². The smallest absolute Gasteiger partial charge is 0.416 e. The molecule has 1 aliphatic heterocycles. The highest BCUT2D eigenvalue weighted by atomic mass is 19.4. The van der Waals surface area contributed by atoms with Crippen LogP contribution >= 0.6 is 0 Å². The van der Waals surface area contributed by atoms with Crippen LogP contribution in [0.1, 0.15) is 48.3 Å². The highest BCUT2D eigenvalue weighted by molar-refractivity contribution is 5.91. The molecular weight excluding hydrogens is 501 g/mol. The van der Waals surface area contributed by atoms with E-state index in [0.29, 0.717) is 65.4 Å². The van der Waals surface area contributed by atoms with E-state index in [1.807, 2.05) is 0 Å². The third kappa shape index (κ3) is 5.68. The van der Waals surface area contributed by atoms with E-state index in [2.05, 4.69) is 15.3 Å². The fourth-order valence-electron chi connectivity index (χ4n) is 4.80. The summed E-state index contributed by atoms with van der Waals surface area (Å²) in [6.07, 6.45) is -3.86. The summed E-state index contributed by atoms with van der Waals surface area (Å²) in [5, 5.41) is 15.5. The molecule has 38 heavy (non-hydrogen) atoms. The summed E-state index contributed by atoms with van der Waals surface area (Å²) in [7, 11) is 2.97. The van der Waals surface area contributed by atoms with Crippen LogP contribution in [0.5, 0.6) is 5.75 Å². The van der Waals surface area contributed by atoms with Gasteiger partial charge in [0.2, 0.25) is 5.91 Å². The Morgan fingerprint density at radius 2 is 1.89 bits per heavy atom. The van der Waals surface area contributed by atoms with Crippen molar-refractivity contribution in [2.24, 2.45) is 0 Å². The topological polar surface area (TPSA) is 96.8 Å². The molecule has 1 atom stereocenters. The van der Waals surface area contributed by atoms with Crippen molar-refractivity contribution in [1.82, 2.24) is 14.9 Å². The van der Waals surface area contributed by atoms with Gasteiger partial charge in [-0.3, -0.25) is 4.79 Å². The lowest BCUT2D eigenvalue weighted by Gasteiger charge is -2.39. The highest BCUT2D eigenvalue weighted by Gasteiger charge is 2.38. The fraction of sp³-hybridized carbons (Fsp3) is 0.444. The molecule has 1 aromatic heterocycles. The number of nitrogens with one attached hydrogen (secondary N) is 1. The minimum absolute atomic E-state index is 0.0203. The molecule has 3 aromatic rings. The Labute approximate surface area is 218 Å². The maximum atomic E-state index is 13.3. The van der Waals surface area contributed by atoms with Crippen LogP contribution in [-0.4, -0.2) is 59.8 Å². The van der Waals surface area contributed by atoms with Gasteiger partial charge < -0.3 is 24.8 Å². The van der Waals surface area contributed by atoms with E-state index in [4.69, 9.17) is 9.47 Å². The lowest BCUT2D eigenvalue weighted by Crippen LogP contribution is -2.46. The van der Waals surface area contributed by atoms with E-state index in [-0.39, 0.29) is 12.5 Å². The van der Waals surface area contributed by atoms with Gasteiger partial charge >= 0.3 is 6.18 Å². The number of benzene rings is 2. The monoisotopic (exact) mass is 532 g/mol. The third-order valence-electron chi connectivity index (χ3n) is 6.91. The zero-order valence-electron chi connectivity index (χ0n) is 21.7. The molecule has 0 spiro atoms. The molecule has 2 heterocycles. The first kappa shape index (κ1) is 27.6. The van der Waals surface area contributed by atoms with E-state index in [0.717, 1.165) is 12.1 Å². The molecule has 1 amide bonds. The van der Waals surface area contributed by atoms with Crippen molar-refractivity contribution in [3.8, 4) is 5.75 Å². The summed E-state index contributed by atoms with van der Waals surface area (Å²) in [6, 6.07) is 8.14.